The van der Waals surface area contributed by atoms with E-state index in [1.807, 2.05) is 13.1 Å². The number of hydrogen-bond acceptors (Lipinski definition) is 4. The van der Waals surface area contributed by atoms with Crippen LogP contribution in [-0.4, -0.2) is 22.6 Å². The maximum atomic E-state index is 5.72. The van der Waals surface area contributed by atoms with Gasteiger partial charge in [-0.05, 0) is 38.5 Å². The van der Waals surface area contributed by atoms with Crippen LogP contribution in [0.2, 0.25) is 0 Å². The Bertz CT molecular complexity index is 425. The lowest BCUT2D eigenvalue weighted by atomic mass is 10.1. The molecule has 2 fully saturated rings. The smallest absolute Gasteiger partial charge is 0.316 e. The van der Waals surface area contributed by atoms with Crippen LogP contribution in [0.5, 0.6) is 6.01 Å². The lowest BCUT2D eigenvalue weighted by Crippen LogP contribution is -2.17. The Hall–Kier alpha value is -1.16. The maximum Gasteiger partial charge on any atom is 0.316 e. The molecule has 0 radical (unpaired) electrons. The van der Waals surface area contributed by atoms with E-state index in [1.165, 1.54) is 44.1 Å². The molecule has 0 unspecified atom stereocenters. The minimum Gasteiger partial charge on any atom is -0.463 e. The molecule has 4 heteroatoms. The third-order valence-corrected chi connectivity index (χ3v) is 4.14. The van der Waals surface area contributed by atoms with Gasteiger partial charge in [0.25, 0.3) is 0 Å². The Kier molecular flexibility index (Phi) is 3.97. The minimum absolute atomic E-state index is 0.541. The molecule has 2 aliphatic rings. The number of aryl methyl sites for hydroxylation is 1. The lowest BCUT2D eigenvalue weighted by molar-refractivity contribution is 0.233. The van der Waals surface area contributed by atoms with Crippen molar-refractivity contribution in [1.29, 1.82) is 0 Å². The minimum atomic E-state index is 0.541. The Balaban J connectivity index is 1.51. The van der Waals surface area contributed by atoms with Gasteiger partial charge in [-0.2, -0.15) is 0 Å². The lowest BCUT2D eigenvalue weighted by Gasteiger charge is -2.11. The third kappa shape index (κ3) is 3.66. The number of aromatic nitrogens is 2. The molecular weight excluding hydrogens is 238 g/mol. The number of nitrogens with one attached hydrogen (secondary N) is 1. The molecule has 104 valence electrons. The standard InChI is InChI=1S/C15H23N3O/c1-11-13(8-16-14-6-7-14)9-17-15(18-11)19-10-12-4-2-3-5-12/h9,12,14,16H,2-8,10H2,1H3. The molecule has 0 aliphatic heterocycles. The predicted molar refractivity (Wildman–Crippen MR) is 74.1 cm³/mol. The van der Waals surface area contributed by atoms with E-state index in [1.54, 1.807) is 0 Å². The summed E-state index contributed by atoms with van der Waals surface area (Å²) in [6.45, 7) is 3.69. The van der Waals surface area contributed by atoms with Crippen molar-refractivity contribution in [2.45, 2.75) is 58.0 Å². The fourth-order valence-electron chi connectivity index (χ4n) is 2.62. The van der Waals surface area contributed by atoms with Crippen LogP contribution in [0.4, 0.5) is 0 Å². The highest BCUT2D eigenvalue weighted by molar-refractivity contribution is 5.18. The first-order valence-electron chi connectivity index (χ1n) is 7.50. The highest BCUT2D eigenvalue weighted by atomic mass is 16.5. The maximum absolute atomic E-state index is 5.72. The number of hydrogen-bond donors (Lipinski definition) is 1. The molecule has 2 saturated carbocycles. The summed E-state index contributed by atoms with van der Waals surface area (Å²) in [5, 5.41) is 3.49. The van der Waals surface area contributed by atoms with Crippen LogP contribution in [0.3, 0.4) is 0 Å². The van der Waals surface area contributed by atoms with Crippen LogP contribution in [0.25, 0.3) is 0 Å². The number of rotatable bonds is 6. The van der Waals surface area contributed by atoms with Crippen molar-refractivity contribution in [3.8, 4) is 6.01 Å². The Morgan fingerprint density at radius 3 is 2.74 bits per heavy atom. The summed E-state index contributed by atoms with van der Waals surface area (Å²) in [5.74, 6) is 0.708. The van der Waals surface area contributed by atoms with Gasteiger partial charge in [0, 0.05) is 30.0 Å². The summed E-state index contributed by atoms with van der Waals surface area (Å²) in [7, 11) is 0. The fourth-order valence-corrected chi connectivity index (χ4v) is 2.62. The van der Waals surface area contributed by atoms with Gasteiger partial charge in [-0.3, -0.25) is 0 Å². The molecule has 1 aromatic heterocycles. The van der Waals surface area contributed by atoms with Crippen LogP contribution >= 0.6 is 0 Å². The largest absolute Gasteiger partial charge is 0.463 e. The van der Waals surface area contributed by atoms with E-state index in [9.17, 15) is 0 Å². The van der Waals surface area contributed by atoms with Crippen molar-refractivity contribution in [3.05, 3.63) is 17.5 Å². The molecule has 1 aromatic rings. The summed E-state index contributed by atoms with van der Waals surface area (Å²) in [4.78, 5) is 8.78. The van der Waals surface area contributed by atoms with E-state index < -0.39 is 0 Å². The van der Waals surface area contributed by atoms with Gasteiger partial charge in [-0.25, -0.2) is 9.97 Å². The SMILES string of the molecule is Cc1nc(OCC2CCCC2)ncc1CNC1CC1. The van der Waals surface area contributed by atoms with Crippen LogP contribution < -0.4 is 10.1 Å². The van der Waals surface area contributed by atoms with Crippen molar-refractivity contribution < 1.29 is 4.74 Å². The first kappa shape index (κ1) is 12.9. The summed E-state index contributed by atoms with van der Waals surface area (Å²) in [6.07, 6.45) is 9.80. The van der Waals surface area contributed by atoms with Crippen LogP contribution in [0, 0.1) is 12.8 Å². The van der Waals surface area contributed by atoms with Gasteiger partial charge in [0.15, 0.2) is 0 Å². The van der Waals surface area contributed by atoms with Crippen LogP contribution in [0.15, 0.2) is 6.20 Å². The molecule has 4 nitrogen and oxygen atoms in total. The van der Waals surface area contributed by atoms with E-state index in [0.717, 1.165) is 24.9 Å². The summed E-state index contributed by atoms with van der Waals surface area (Å²) in [5.41, 5.74) is 2.21. The van der Waals surface area contributed by atoms with Gasteiger partial charge in [0.05, 0.1) is 6.61 Å². The topological polar surface area (TPSA) is 47.0 Å². The van der Waals surface area contributed by atoms with Crippen molar-refractivity contribution in [2.24, 2.45) is 5.92 Å². The second kappa shape index (κ2) is 5.87. The fraction of sp³-hybridized carbons (Fsp3) is 0.733. The molecular formula is C15H23N3O. The van der Waals surface area contributed by atoms with Gasteiger partial charge in [0.2, 0.25) is 0 Å². The Morgan fingerprint density at radius 1 is 1.26 bits per heavy atom. The first-order valence-corrected chi connectivity index (χ1v) is 7.50. The van der Waals surface area contributed by atoms with Gasteiger partial charge < -0.3 is 10.1 Å². The monoisotopic (exact) mass is 261 g/mol. The van der Waals surface area contributed by atoms with E-state index in [4.69, 9.17) is 4.74 Å². The quantitative estimate of drug-likeness (QED) is 0.855. The Morgan fingerprint density at radius 2 is 2.05 bits per heavy atom. The predicted octanol–water partition coefficient (Wildman–Crippen LogP) is 2.61. The zero-order valence-electron chi connectivity index (χ0n) is 11.7. The van der Waals surface area contributed by atoms with Gasteiger partial charge in [-0.15, -0.1) is 0 Å². The average molecular weight is 261 g/mol. The van der Waals surface area contributed by atoms with E-state index >= 15 is 0 Å². The van der Waals surface area contributed by atoms with Crippen molar-refractivity contribution in [2.75, 3.05) is 6.61 Å². The third-order valence-electron chi connectivity index (χ3n) is 4.14. The van der Waals surface area contributed by atoms with E-state index in [0.29, 0.717) is 11.9 Å². The first-order chi connectivity index (χ1) is 9.31. The highest BCUT2D eigenvalue weighted by Crippen LogP contribution is 2.25. The van der Waals surface area contributed by atoms with E-state index in [-0.39, 0.29) is 0 Å². The molecule has 1 N–H and O–H groups in total. The molecule has 3 rings (SSSR count). The second-order valence-electron chi connectivity index (χ2n) is 5.88. The van der Waals surface area contributed by atoms with Gasteiger partial charge >= 0.3 is 6.01 Å². The van der Waals surface area contributed by atoms with Crippen LogP contribution in [0.1, 0.15) is 49.8 Å². The summed E-state index contributed by atoms with van der Waals surface area (Å²) >= 11 is 0. The van der Waals surface area contributed by atoms with Gasteiger partial charge in [-0.1, -0.05) is 12.8 Å². The molecule has 0 saturated heterocycles. The van der Waals surface area contributed by atoms with Crippen molar-refractivity contribution in [3.63, 3.8) is 0 Å². The normalized spacial score (nSPS) is 19.8. The average Bonchev–Trinajstić information content (AvgIpc) is 3.09. The molecule has 19 heavy (non-hydrogen) atoms. The number of nitrogens with zero attached hydrogens (tertiary/aromatic N) is 2. The zero-order chi connectivity index (χ0) is 13.1. The van der Waals surface area contributed by atoms with Crippen LogP contribution in [-0.2, 0) is 6.54 Å². The highest BCUT2D eigenvalue weighted by Gasteiger charge is 2.20. The Labute approximate surface area is 115 Å². The molecule has 1 heterocycles. The molecule has 0 bridgehead atoms. The molecule has 2 aliphatic carbocycles. The molecule has 0 amide bonds. The second-order valence-corrected chi connectivity index (χ2v) is 5.88. The number of ether oxygens (including phenoxy) is 1. The summed E-state index contributed by atoms with van der Waals surface area (Å²) in [6, 6.07) is 1.26. The van der Waals surface area contributed by atoms with E-state index in [2.05, 4.69) is 15.3 Å². The zero-order valence-corrected chi connectivity index (χ0v) is 11.7. The molecule has 0 spiro atoms. The molecule has 0 aromatic carbocycles. The van der Waals surface area contributed by atoms with Crippen molar-refractivity contribution >= 4 is 0 Å². The van der Waals surface area contributed by atoms with Crippen molar-refractivity contribution in [1.82, 2.24) is 15.3 Å². The molecule has 0 atom stereocenters. The summed E-state index contributed by atoms with van der Waals surface area (Å²) < 4.78 is 5.72. The van der Waals surface area contributed by atoms with Gasteiger partial charge in [0.1, 0.15) is 0 Å².